The molecule has 1 aromatic rings. The minimum Gasteiger partial charge on any atom is -0.392 e. The highest BCUT2D eigenvalue weighted by Crippen LogP contribution is 2.37. The van der Waals surface area contributed by atoms with E-state index in [1.54, 1.807) is 0 Å². The Hall–Kier alpha value is -0.173. The summed E-state index contributed by atoms with van der Waals surface area (Å²) >= 11 is 2.33. The van der Waals surface area contributed by atoms with Crippen molar-refractivity contribution in [2.75, 3.05) is 11.0 Å². The number of hydrogen-bond acceptors (Lipinski definition) is 2. The van der Waals surface area contributed by atoms with Gasteiger partial charge in [-0.2, -0.15) is 0 Å². The predicted octanol–water partition coefficient (Wildman–Crippen LogP) is 5.50. The Morgan fingerprint density at radius 1 is 1.19 bits per heavy atom. The molecule has 0 aliphatic carbocycles. The van der Waals surface area contributed by atoms with Gasteiger partial charge in [-0.25, -0.2) is 0 Å². The van der Waals surface area contributed by atoms with Gasteiger partial charge in [0.1, 0.15) is 0 Å². The third kappa shape index (κ3) is 6.63. The summed E-state index contributed by atoms with van der Waals surface area (Å²) in [5.74, 6) is 0. The van der Waals surface area contributed by atoms with Crippen molar-refractivity contribution in [3.05, 3.63) is 42.0 Å². The van der Waals surface area contributed by atoms with E-state index in [2.05, 4.69) is 74.7 Å². The van der Waals surface area contributed by atoms with Gasteiger partial charge in [-0.3, -0.25) is 0 Å². The van der Waals surface area contributed by atoms with E-state index in [1.807, 2.05) is 24.3 Å². The molecular weight excluding hydrogens is 391 g/mol. The highest BCUT2D eigenvalue weighted by molar-refractivity contribution is 14.1. The first-order chi connectivity index (χ1) is 9.76. The SMILES string of the molecule is CC(C)(C)[Si](C)(C)O[C@H](CI)OC/C=C/c1ccccc1. The maximum Gasteiger partial charge on any atom is 0.195 e. The molecule has 0 aliphatic rings. The Morgan fingerprint density at radius 3 is 2.33 bits per heavy atom. The van der Waals surface area contributed by atoms with Gasteiger partial charge in [0.25, 0.3) is 0 Å². The maximum absolute atomic E-state index is 6.28. The molecule has 0 amide bonds. The molecule has 0 saturated heterocycles. The zero-order valence-corrected chi connectivity index (χ0v) is 16.9. The van der Waals surface area contributed by atoms with Crippen LogP contribution in [0.15, 0.2) is 36.4 Å². The summed E-state index contributed by atoms with van der Waals surface area (Å²) in [4.78, 5) is 0. The lowest BCUT2D eigenvalue weighted by Crippen LogP contribution is -2.45. The van der Waals surface area contributed by atoms with Crippen LogP contribution in [0.4, 0.5) is 0 Å². The molecule has 118 valence electrons. The van der Waals surface area contributed by atoms with Crippen LogP contribution in [-0.2, 0) is 9.16 Å². The molecule has 0 fully saturated rings. The molecule has 1 aromatic carbocycles. The number of rotatable bonds is 7. The molecule has 0 aromatic heterocycles. The first-order valence-corrected chi connectivity index (χ1v) is 11.8. The van der Waals surface area contributed by atoms with E-state index < -0.39 is 8.32 Å². The summed E-state index contributed by atoms with van der Waals surface area (Å²) < 4.78 is 13.0. The monoisotopic (exact) mass is 418 g/mol. The van der Waals surface area contributed by atoms with Crippen molar-refractivity contribution >= 4 is 37.0 Å². The number of halogens is 1. The Morgan fingerprint density at radius 2 is 1.81 bits per heavy atom. The Balaban J connectivity index is 2.47. The second kappa shape index (κ2) is 8.46. The molecule has 4 heteroatoms. The Labute approximate surface area is 144 Å². The molecule has 0 saturated carbocycles. The molecule has 1 atom stereocenters. The lowest BCUT2D eigenvalue weighted by Gasteiger charge is -2.38. The van der Waals surface area contributed by atoms with Crippen LogP contribution < -0.4 is 0 Å². The zero-order valence-electron chi connectivity index (χ0n) is 13.7. The first-order valence-electron chi connectivity index (χ1n) is 7.33. The van der Waals surface area contributed by atoms with Crippen molar-refractivity contribution in [2.45, 2.75) is 45.2 Å². The van der Waals surface area contributed by atoms with Gasteiger partial charge in [0, 0.05) is 4.43 Å². The summed E-state index contributed by atoms with van der Waals surface area (Å²) in [6.45, 7) is 11.8. The van der Waals surface area contributed by atoms with Crippen LogP contribution in [0.25, 0.3) is 6.08 Å². The predicted molar refractivity (Wildman–Crippen MR) is 102 cm³/mol. The lowest BCUT2D eigenvalue weighted by atomic mass is 10.2. The second-order valence-corrected chi connectivity index (χ2v) is 12.2. The molecule has 0 spiro atoms. The number of ether oxygens (including phenoxy) is 1. The quantitative estimate of drug-likeness (QED) is 0.252. The van der Waals surface area contributed by atoms with Crippen LogP contribution in [0.1, 0.15) is 26.3 Å². The van der Waals surface area contributed by atoms with Gasteiger partial charge in [0.15, 0.2) is 14.6 Å². The number of alkyl halides is 1. The molecule has 1 rings (SSSR count). The van der Waals surface area contributed by atoms with Crippen LogP contribution >= 0.6 is 22.6 Å². The van der Waals surface area contributed by atoms with Gasteiger partial charge in [-0.15, -0.1) is 0 Å². The fraction of sp³-hybridized carbons (Fsp3) is 0.529. The van der Waals surface area contributed by atoms with Crippen molar-refractivity contribution in [3.8, 4) is 0 Å². The lowest BCUT2D eigenvalue weighted by molar-refractivity contribution is -0.0579. The van der Waals surface area contributed by atoms with Crippen LogP contribution in [0.3, 0.4) is 0 Å². The van der Waals surface area contributed by atoms with Gasteiger partial charge in [0.05, 0.1) is 6.61 Å². The van der Waals surface area contributed by atoms with Gasteiger partial charge >= 0.3 is 0 Å². The summed E-state index contributed by atoms with van der Waals surface area (Å²) in [6.07, 6.45) is 4.01. The Bertz CT molecular complexity index is 438. The fourth-order valence-electron chi connectivity index (χ4n) is 1.53. The van der Waals surface area contributed by atoms with Gasteiger partial charge in [-0.1, -0.05) is 85.8 Å². The number of hydrogen-bond donors (Lipinski definition) is 0. The molecule has 0 bridgehead atoms. The van der Waals surface area contributed by atoms with Crippen molar-refractivity contribution in [2.24, 2.45) is 0 Å². The highest BCUT2D eigenvalue weighted by Gasteiger charge is 2.39. The van der Waals surface area contributed by atoms with E-state index in [-0.39, 0.29) is 11.3 Å². The van der Waals surface area contributed by atoms with Gasteiger partial charge in [0.2, 0.25) is 0 Å². The average molecular weight is 418 g/mol. The van der Waals surface area contributed by atoms with Crippen molar-refractivity contribution in [1.82, 2.24) is 0 Å². The summed E-state index contributed by atoms with van der Waals surface area (Å²) in [5.41, 5.74) is 1.19. The maximum atomic E-state index is 6.28. The molecule has 0 aliphatic heterocycles. The van der Waals surface area contributed by atoms with Gasteiger partial charge < -0.3 is 9.16 Å². The van der Waals surface area contributed by atoms with E-state index >= 15 is 0 Å². The zero-order chi connectivity index (χ0) is 15.9. The summed E-state index contributed by atoms with van der Waals surface area (Å²) in [6, 6.07) is 10.3. The summed E-state index contributed by atoms with van der Waals surface area (Å²) in [7, 11) is -1.77. The molecule has 0 N–H and O–H groups in total. The molecule has 2 nitrogen and oxygen atoms in total. The van der Waals surface area contributed by atoms with Gasteiger partial charge in [-0.05, 0) is 23.7 Å². The van der Waals surface area contributed by atoms with E-state index in [4.69, 9.17) is 9.16 Å². The fourth-order valence-corrected chi connectivity index (χ4v) is 3.46. The van der Waals surface area contributed by atoms with E-state index in [0.717, 1.165) is 4.43 Å². The highest BCUT2D eigenvalue weighted by atomic mass is 127. The van der Waals surface area contributed by atoms with Crippen molar-refractivity contribution in [1.29, 1.82) is 0 Å². The van der Waals surface area contributed by atoms with Crippen LogP contribution in [0.5, 0.6) is 0 Å². The molecular formula is C17H27IO2Si. The topological polar surface area (TPSA) is 18.5 Å². The summed E-state index contributed by atoms with van der Waals surface area (Å²) in [5, 5.41) is 0.209. The third-order valence-electron chi connectivity index (χ3n) is 3.85. The largest absolute Gasteiger partial charge is 0.392 e. The third-order valence-corrected chi connectivity index (χ3v) is 9.03. The molecule has 0 unspecified atom stereocenters. The first kappa shape index (κ1) is 18.9. The molecule has 0 radical (unpaired) electrons. The number of benzene rings is 1. The smallest absolute Gasteiger partial charge is 0.195 e. The van der Waals surface area contributed by atoms with Crippen LogP contribution in [-0.4, -0.2) is 25.6 Å². The Kier molecular flexibility index (Phi) is 7.60. The molecule has 21 heavy (non-hydrogen) atoms. The van der Waals surface area contributed by atoms with Crippen LogP contribution in [0.2, 0.25) is 18.1 Å². The average Bonchev–Trinajstić information content (AvgIpc) is 2.42. The van der Waals surface area contributed by atoms with Crippen molar-refractivity contribution in [3.63, 3.8) is 0 Å². The normalized spacial score (nSPS) is 14.6. The van der Waals surface area contributed by atoms with Crippen molar-refractivity contribution < 1.29 is 9.16 Å². The van der Waals surface area contributed by atoms with E-state index in [9.17, 15) is 0 Å². The molecule has 0 heterocycles. The minimum absolute atomic E-state index is 0.119. The minimum atomic E-state index is -1.77. The van der Waals surface area contributed by atoms with Crippen LogP contribution in [0, 0.1) is 0 Å². The second-order valence-electron chi connectivity index (χ2n) is 6.61. The standard InChI is InChI=1S/C17H27IO2Si/c1-17(2,3)21(4,5)20-16(14-18)19-13-9-12-15-10-7-6-8-11-15/h6-12,16H,13-14H2,1-5H3/b12-9+/t16-/m1/s1. The van der Waals surface area contributed by atoms with E-state index in [0.29, 0.717) is 6.61 Å². The van der Waals surface area contributed by atoms with E-state index in [1.165, 1.54) is 5.56 Å².